The summed E-state index contributed by atoms with van der Waals surface area (Å²) in [5, 5.41) is 41.8. The lowest BCUT2D eigenvalue weighted by Gasteiger charge is -2.59. The molecule has 0 spiro atoms. The molecule has 4 rings (SSSR count). The average molecular weight is 336 g/mol. The molecule has 0 unspecified atom stereocenters. The van der Waals surface area contributed by atoms with E-state index < -0.39 is 35.7 Å². The molecule has 0 radical (unpaired) electrons. The van der Waals surface area contributed by atoms with Crippen molar-refractivity contribution in [3.8, 4) is 17.2 Å². The van der Waals surface area contributed by atoms with Crippen molar-refractivity contribution < 1.29 is 34.7 Å². The van der Waals surface area contributed by atoms with E-state index in [1.54, 1.807) is 6.92 Å². The maximum atomic E-state index is 13.1. The first-order valence-corrected chi connectivity index (χ1v) is 8.01. The Hall–Kier alpha value is -1.83. The average Bonchev–Trinajstić information content (AvgIpc) is 2.54. The fourth-order valence-electron chi connectivity index (χ4n) is 4.86. The van der Waals surface area contributed by atoms with E-state index in [0.29, 0.717) is 12.8 Å². The molecule has 1 heterocycles. The molecule has 3 aliphatic rings. The van der Waals surface area contributed by atoms with E-state index in [0.717, 1.165) is 0 Å². The van der Waals surface area contributed by atoms with Gasteiger partial charge in [0.25, 0.3) is 0 Å². The number of rotatable bonds is 1. The van der Waals surface area contributed by atoms with Gasteiger partial charge in [-0.2, -0.15) is 0 Å². The maximum Gasteiger partial charge on any atom is 0.171 e. The van der Waals surface area contributed by atoms with Gasteiger partial charge >= 0.3 is 0 Å². The summed E-state index contributed by atoms with van der Waals surface area (Å²) in [4.78, 5) is 13.1. The molecular weight excluding hydrogens is 316 g/mol. The highest BCUT2D eigenvalue weighted by atomic mass is 16.6. The van der Waals surface area contributed by atoms with Gasteiger partial charge in [0, 0.05) is 28.9 Å². The molecule has 2 aliphatic carbocycles. The zero-order chi connectivity index (χ0) is 17.4. The minimum atomic E-state index is -1.16. The van der Waals surface area contributed by atoms with E-state index in [-0.39, 0.29) is 34.2 Å². The van der Waals surface area contributed by atoms with Gasteiger partial charge in [-0.05, 0) is 12.8 Å². The predicted octanol–water partition coefficient (Wildman–Crippen LogP) is 1.09. The standard InChI is InChI=1S/C17H20O7/c1-17-9(19)4-3-6-12(17)14(21)10-7(18)5-8(23-2)13(20)11(10)15(17)24-16(6)22/h5-6,9,12,15-16,18-20,22H,3-4H2,1-2H3/t6-,9+,12+,15-,16+,17+/m0/s1. The number of aromatic hydroxyl groups is 2. The molecule has 4 N–H and O–H groups in total. The van der Waals surface area contributed by atoms with Gasteiger partial charge < -0.3 is 29.9 Å². The van der Waals surface area contributed by atoms with Crippen LogP contribution in [0.4, 0.5) is 0 Å². The van der Waals surface area contributed by atoms with E-state index in [1.807, 2.05) is 0 Å². The van der Waals surface area contributed by atoms with Gasteiger partial charge in [-0.1, -0.05) is 6.92 Å². The first-order valence-electron chi connectivity index (χ1n) is 8.01. The highest BCUT2D eigenvalue weighted by Crippen LogP contribution is 2.65. The Morgan fingerprint density at radius 1 is 1.29 bits per heavy atom. The lowest BCUT2D eigenvalue weighted by molar-refractivity contribution is -0.294. The van der Waals surface area contributed by atoms with Gasteiger partial charge in [0.1, 0.15) is 5.75 Å². The Bertz CT molecular complexity index is 730. The van der Waals surface area contributed by atoms with Gasteiger partial charge in [-0.15, -0.1) is 0 Å². The topological polar surface area (TPSA) is 116 Å². The second kappa shape index (κ2) is 4.84. The Balaban J connectivity index is 2.04. The van der Waals surface area contributed by atoms with Crippen molar-refractivity contribution in [2.45, 2.75) is 38.3 Å². The minimum Gasteiger partial charge on any atom is -0.507 e. The molecule has 6 atom stereocenters. The fourth-order valence-corrected chi connectivity index (χ4v) is 4.86. The number of benzene rings is 1. The molecule has 1 aliphatic heterocycles. The Morgan fingerprint density at radius 3 is 2.67 bits per heavy atom. The zero-order valence-electron chi connectivity index (χ0n) is 13.4. The van der Waals surface area contributed by atoms with Crippen LogP contribution in [0, 0.1) is 17.3 Å². The molecule has 0 amide bonds. The molecule has 130 valence electrons. The van der Waals surface area contributed by atoms with Crippen LogP contribution in [0.5, 0.6) is 17.2 Å². The molecule has 2 fully saturated rings. The smallest absolute Gasteiger partial charge is 0.171 e. The van der Waals surface area contributed by atoms with Crippen LogP contribution < -0.4 is 4.74 Å². The van der Waals surface area contributed by atoms with E-state index >= 15 is 0 Å². The number of aliphatic hydroxyl groups excluding tert-OH is 2. The van der Waals surface area contributed by atoms with Crippen molar-refractivity contribution in [3.63, 3.8) is 0 Å². The monoisotopic (exact) mass is 336 g/mol. The van der Waals surface area contributed by atoms with Crippen LogP contribution >= 0.6 is 0 Å². The number of ketones is 1. The number of hydrogen-bond donors (Lipinski definition) is 4. The molecule has 0 aromatic heterocycles. The van der Waals surface area contributed by atoms with Gasteiger partial charge in [0.15, 0.2) is 23.6 Å². The van der Waals surface area contributed by atoms with Crippen LogP contribution in [0.25, 0.3) is 0 Å². The van der Waals surface area contributed by atoms with E-state index in [9.17, 15) is 25.2 Å². The number of carbonyl (C=O) groups is 1. The van der Waals surface area contributed by atoms with Crippen molar-refractivity contribution in [1.82, 2.24) is 0 Å². The number of methoxy groups -OCH3 is 1. The number of Topliss-reactive ketones (excluding diaryl/α,β-unsaturated/α-hetero) is 1. The summed E-state index contributed by atoms with van der Waals surface area (Å²) in [6.45, 7) is 1.74. The number of phenols is 2. The van der Waals surface area contributed by atoms with Crippen molar-refractivity contribution in [1.29, 1.82) is 0 Å². The first kappa shape index (κ1) is 15.7. The Kier molecular flexibility index (Phi) is 3.16. The van der Waals surface area contributed by atoms with Gasteiger partial charge in [-0.3, -0.25) is 4.79 Å². The van der Waals surface area contributed by atoms with Crippen molar-refractivity contribution in [2.24, 2.45) is 17.3 Å². The van der Waals surface area contributed by atoms with Gasteiger partial charge in [0.2, 0.25) is 0 Å². The maximum absolute atomic E-state index is 13.1. The van der Waals surface area contributed by atoms with Crippen molar-refractivity contribution >= 4 is 5.78 Å². The summed E-state index contributed by atoms with van der Waals surface area (Å²) >= 11 is 0. The summed E-state index contributed by atoms with van der Waals surface area (Å²) in [6.07, 6.45) is -2.00. The van der Waals surface area contributed by atoms with Crippen molar-refractivity contribution in [3.05, 3.63) is 17.2 Å². The molecule has 7 nitrogen and oxygen atoms in total. The van der Waals surface area contributed by atoms with E-state index in [4.69, 9.17) is 9.47 Å². The van der Waals surface area contributed by atoms with Crippen LogP contribution in [0.1, 0.15) is 41.8 Å². The second-order valence-electron chi connectivity index (χ2n) is 7.11. The SMILES string of the molecule is COc1cc(O)c2c(c1O)[C@@H]1O[C@@H](O)[C@H]3CC[C@@H](O)[C@]1(C)[C@H]3C2=O. The molecule has 1 aromatic rings. The third-order valence-corrected chi connectivity index (χ3v) is 6.09. The largest absolute Gasteiger partial charge is 0.507 e. The minimum absolute atomic E-state index is 0.00612. The lowest BCUT2D eigenvalue weighted by atomic mass is 9.51. The number of ether oxygens (including phenoxy) is 2. The molecular formula is C17H20O7. The van der Waals surface area contributed by atoms with Crippen LogP contribution in [0.15, 0.2) is 6.07 Å². The van der Waals surface area contributed by atoms with Crippen LogP contribution in [0.3, 0.4) is 0 Å². The molecule has 1 aromatic carbocycles. The Morgan fingerprint density at radius 2 is 2.00 bits per heavy atom. The number of phenolic OH excluding ortho intramolecular Hbond substituents is 2. The van der Waals surface area contributed by atoms with Gasteiger partial charge in [0.05, 0.1) is 24.9 Å². The molecule has 1 saturated carbocycles. The summed E-state index contributed by atoms with van der Waals surface area (Å²) in [5.74, 6) is -2.11. The summed E-state index contributed by atoms with van der Waals surface area (Å²) < 4.78 is 10.8. The number of aliphatic hydroxyl groups is 2. The van der Waals surface area contributed by atoms with Crippen LogP contribution in [-0.4, -0.2) is 45.7 Å². The third kappa shape index (κ3) is 1.64. The molecule has 24 heavy (non-hydrogen) atoms. The van der Waals surface area contributed by atoms with Crippen LogP contribution in [0.2, 0.25) is 0 Å². The van der Waals surface area contributed by atoms with Crippen LogP contribution in [-0.2, 0) is 4.74 Å². The number of fused-ring (bicyclic) bond motifs is 2. The quantitative estimate of drug-likeness (QED) is 0.567. The third-order valence-electron chi connectivity index (χ3n) is 6.09. The summed E-state index contributed by atoms with van der Waals surface area (Å²) in [7, 11) is 1.33. The highest BCUT2D eigenvalue weighted by molar-refractivity contribution is 6.05. The number of hydrogen-bond acceptors (Lipinski definition) is 7. The summed E-state index contributed by atoms with van der Waals surface area (Å²) in [6, 6.07) is 1.19. The molecule has 7 heteroatoms. The van der Waals surface area contributed by atoms with E-state index in [1.165, 1.54) is 13.2 Å². The zero-order valence-corrected chi connectivity index (χ0v) is 13.4. The second-order valence-corrected chi connectivity index (χ2v) is 7.11. The van der Waals surface area contributed by atoms with Gasteiger partial charge in [-0.25, -0.2) is 0 Å². The molecule has 4 bridgehead atoms. The Labute approximate surface area is 138 Å². The predicted molar refractivity (Wildman–Crippen MR) is 80.8 cm³/mol. The first-order chi connectivity index (χ1) is 11.3. The fraction of sp³-hybridized carbons (Fsp3) is 0.588. The normalized spacial score (nSPS) is 40.2. The number of carbonyl (C=O) groups excluding carboxylic acids is 1. The molecule has 1 saturated heterocycles. The van der Waals surface area contributed by atoms with Crippen molar-refractivity contribution in [2.75, 3.05) is 7.11 Å². The summed E-state index contributed by atoms with van der Waals surface area (Å²) in [5.41, 5.74) is -0.913. The highest BCUT2D eigenvalue weighted by Gasteiger charge is 2.65. The van der Waals surface area contributed by atoms with E-state index in [2.05, 4.69) is 0 Å². The lowest BCUT2D eigenvalue weighted by Crippen LogP contribution is -2.63.